The van der Waals surface area contributed by atoms with Crippen molar-refractivity contribution in [1.29, 1.82) is 0 Å². The molecule has 0 aliphatic rings. The van der Waals surface area contributed by atoms with Gasteiger partial charge in [0.2, 0.25) is 5.88 Å². The smallest absolute Gasteiger partial charge is 0.217 e. The van der Waals surface area contributed by atoms with Gasteiger partial charge in [0.15, 0.2) is 0 Å². The van der Waals surface area contributed by atoms with Crippen LogP contribution in [0.2, 0.25) is 0 Å². The molecule has 0 bridgehead atoms. The van der Waals surface area contributed by atoms with Crippen molar-refractivity contribution in [2.45, 2.75) is 6.92 Å². The highest BCUT2D eigenvalue weighted by Gasteiger charge is 2.19. The lowest BCUT2D eigenvalue weighted by atomic mass is 9.98. The highest BCUT2D eigenvalue weighted by molar-refractivity contribution is 5.85. The number of benzene rings is 2. The minimum absolute atomic E-state index is 0.189. The van der Waals surface area contributed by atoms with E-state index < -0.39 is 0 Å². The Morgan fingerprint density at radius 3 is 2.30 bits per heavy atom. The molecule has 3 aromatic rings. The predicted molar refractivity (Wildman–Crippen MR) is 80.5 cm³/mol. The van der Waals surface area contributed by atoms with Crippen molar-refractivity contribution in [2.75, 3.05) is 0 Å². The Hall–Kier alpha value is -2.55. The molecule has 0 saturated heterocycles. The van der Waals surface area contributed by atoms with Crippen molar-refractivity contribution < 1.29 is 5.11 Å². The van der Waals surface area contributed by atoms with Crippen molar-refractivity contribution in [1.82, 2.24) is 9.78 Å². The van der Waals surface area contributed by atoms with Crippen LogP contribution in [0.4, 0.5) is 0 Å². The second-order valence-corrected chi connectivity index (χ2v) is 4.85. The molecule has 1 aromatic heterocycles. The van der Waals surface area contributed by atoms with E-state index in [2.05, 4.69) is 18.1 Å². The molecule has 0 unspecified atom stereocenters. The van der Waals surface area contributed by atoms with Gasteiger partial charge in [0.05, 0.1) is 5.56 Å². The summed E-state index contributed by atoms with van der Waals surface area (Å²) in [5, 5.41) is 14.8. The molecule has 1 heterocycles. The topological polar surface area (TPSA) is 38.0 Å². The van der Waals surface area contributed by atoms with Gasteiger partial charge in [-0.25, -0.2) is 4.68 Å². The Balaban J connectivity index is 2.28. The van der Waals surface area contributed by atoms with E-state index >= 15 is 0 Å². The molecule has 100 valence electrons. The molecular weight excluding hydrogens is 248 g/mol. The van der Waals surface area contributed by atoms with Crippen molar-refractivity contribution in [3.63, 3.8) is 0 Å². The van der Waals surface area contributed by atoms with Crippen LogP contribution < -0.4 is 0 Å². The predicted octanol–water partition coefficient (Wildman–Crippen LogP) is 3.77. The van der Waals surface area contributed by atoms with E-state index in [0.717, 1.165) is 27.9 Å². The van der Waals surface area contributed by atoms with Crippen molar-refractivity contribution in [2.24, 2.45) is 7.05 Å². The van der Waals surface area contributed by atoms with Crippen LogP contribution in [-0.2, 0) is 7.05 Å². The summed E-state index contributed by atoms with van der Waals surface area (Å²) in [4.78, 5) is 0. The molecular formula is C17H16N2O. The van der Waals surface area contributed by atoms with Gasteiger partial charge >= 0.3 is 0 Å². The van der Waals surface area contributed by atoms with E-state index in [0.29, 0.717) is 0 Å². The Bertz CT molecular complexity index is 745. The van der Waals surface area contributed by atoms with E-state index in [9.17, 15) is 5.11 Å². The van der Waals surface area contributed by atoms with Crippen LogP contribution in [0.5, 0.6) is 5.88 Å². The lowest BCUT2D eigenvalue weighted by Crippen LogP contribution is -1.90. The molecule has 20 heavy (non-hydrogen) atoms. The van der Waals surface area contributed by atoms with Crippen LogP contribution in [0.3, 0.4) is 0 Å². The summed E-state index contributed by atoms with van der Waals surface area (Å²) in [6, 6.07) is 17.9. The SMILES string of the molecule is Cc1ccccc1-c1nn(C)c(O)c1-c1ccccc1. The average Bonchev–Trinajstić information content (AvgIpc) is 2.76. The first-order valence-electron chi connectivity index (χ1n) is 6.56. The largest absolute Gasteiger partial charge is 0.493 e. The van der Waals surface area contributed by atoms with Gasteiger partial charge in [0.25, 0.3) is 0 Å². The van der Waals surface area contributed by atoms with Crippen LogP contribution in [0.25, 0.3) is 22.4 Å². The molecule has 2 aromatic carbocycles. The maximum absolute atomic E-state index is 10.3. The number of rotatable bonds is 2. The zero-order valence-electron chi connectivity index (χ0n) is 11.5. The standard InChI is InChI=1S/C17H16N2O/c1-12-8-6-7-11-14(12)16-15(17(20)19(2)18-16)13-9-4-3-5-10-13/h3-11,20H,1-2H3. The molecule has 0 spiro atoms. The third kappa shape index (κ3) is 1.97. The molecule has 0 aliphatic heterocycles. The summed E-state index contributed by atoms with van der Waals surface area (Å²) in [6.07, 6.45) is 0. The van der Waals surface area contributed by atoms with Crippen LogP contribution in [0.1, 0.15) is 5.56 Å². The number of nitrogens with zero attached hydrogens (tertiary/aromatic N) is 2. The number of aromatic nitrogens is 2. The van der Waals surface area contributed by atoms with Crippen LogP contribution >= 0.6 is 0 Å². The van der Waals surface area contributed by atoms with Gasteiger partial charge in [-0.15, -0.1) is 0 Å². The van der Waals surface area contributed by atoms with Gasteiger partial charge in [-0.1, -0.05) is 54.6 Å². The highest BCUT2D eigenvalue weighted by Crippen LogP contribution is 2.38. The molecule has 3 heteroatoms. The Morgan fingerprint density at radius 1 is 0.950 bits per heavy atom. The van der Waals surface area contributed by atoms with Gasteiger partial charge in [-0.05, 0) is 18.1 Å². The van der Waals surface area contributed by atoms with E-state index in [1.807, 2.05) is 48.5 Å². The van der Waals surface area contributed by atoms with E-state index in [-0.39, 0.29) is 5.88 Å². The normalized spacial score (nSPS) is 10.7. The third-order valence-electron chi connectivity index (χ3n) is 3.48. The fourth-order valence-electron chi connectivity index (χ4n) is 2.41. The Labute approximate surface area is 118 Å². The first-order valence-corrected chi connectivity index (χ1v) is 6.56. The molecule has 0 fully saturated rings. The fraction of sp³-hybridized carbons (Fsp3) is 0.118. The molecule has 3 rings (SSSR count). The number of aromatic hydroxyl groups is 1. The summed E-state index contributed by atoms with van der Waals surface area (Å²) in [7, 11) is 1.75. The van der Waals surface area contributed by atoms with E-state index in [4.69, 9.17) is 0 Å². The summed E-state index contributed by atoms with van der Waals surface area (Å²) in [6.45, 7) is 2.05. The molecule has 0 atom stereocenters. The monoisotopic (exact) mass is 264 g/mol. The number of hydrogen-bond acceptors (Lipinski definition) is 2. The maximum Gasteiger partial charge on any atom is 0.217 e. The molecule has 0 saturated carbocycles. The Kier molecular flexibility index (Phi) is 3.03. The minimum Gasteiger partial charge on any atom is -0.493 e. The molecule has 0 aliphatic carbocycles. The van der Waals surface area contributed by atoms with Crippen LogP contribution in [0.15, 0.2) is 54.6 Å². The zero-order valence-corrected chi connectivity index (χ0v) is 11.5. The molecule has 0 radical (unpaired) electrons. The molecule has 0 amide bonds. The maximum atomic E-state index is 10.3. The first kappa shape index (κ1) is 12.5. The van der Waals surface area contributed by atoms with Gasteiger partial charge < -0.3 is 5.11 Å². The fourth-order valence-corrected chi connectivity index (χ4v) is 2.41. The second kappa shape index (κ2) is 4.85. The quantitative estimate of drug-likeness (QED) is 0.765. The van der Waals surface area contributed by atoms with Gasteiger partial charge in [-0.3, -0.25) is 0 Å². The van der Waals surface area contributed by atoms with Crippen LogP contribution in [0, 0.1) is 6.92 Å². The summed E-state index contributed by atoms with van der Waals surface area (Å²) >= 11 is 0. The van der Waals surface area contributed by atoms with E-state index in [1.54, 1.807) is 7.05 Å². The molecule has 1 N–H and O–H groups in total. The minimum atomic E-state index is 0.189. The van der Waals surface area contributed by atoms with Gasteiger partial charge in [0.1, 0.15) is 5.69 Å². The van der Waals surface area contributed by atoms with Gasteiger partial charge in [-0.2, -0.15) is 5.10 Å². The summed E-state index contributed by atoms with van der Waals surface area (Å²) in [5.74, 6) is 0.189. The van der Waals surface area contributed by atoms with Crippen LogP contribution in [-0.4, -0.2) is 14.9 Å². The molecule has 3 nitrogen and oxygen atoms in total. The van der Waals surface area contributed by atoms with Crippen molar-refractivity contribution in [3.05, 3.63) is 60.2 Å². The zero-order chi connectivity index (χ0) is 14.1. The second-order valence-electron chi connectivity index (χ2n) is 4.85. The Morgan fingerprint density at radius 2 is 1.60 bits per heavy atom. The van der Waals surface area contributed by atoms with Gasteiger partial charge in [0, 0.05) is 12.6 Å². The van der Waals surface area contributed by atoms with Crippen molar-refractivity contribution >= 4 is 0 Å². The highest BCUT2D eigenvalue weighted by atomic mass is 16.3. The first-order chi connectivity index (χ1) is 9.68. The van der Waals surface area contributed by atoms with Crippen molar-refractivity contribution in [3.8, 4) is 28.3 Å². The lowest BCUT2D eigenvalue weighted by molar-refractivity contribution is 0.421. The number of aryl methyl sites for hydroxylation is 2. The summed E-state index contributed by atoms with van der Waals surface area (Å²) in [5.41, 5.74) is 4.75. The average molecular weight is 264 g/mol. The summed E-state index contributed by atoms with van der Waals surface area (Å²) < 4.78 is 1.52. The lowest BCUT2D eigenvalue weighted by Gasteiger charge is -2.06. The number of hydrogen-bond donors (Lipinski definition) is 1. The van der Waals surface area contributed by atoms with E-state index in [1.165, 1.54) is 4.68 Å². The third-order valence-corrected chi connectivity index (χ3v) is 3.48.